The Balaban J connectivity index is 2.01. The highest BCUT2D eigenvalue weighted by atomic mass is 32.2. The topological polar surface area (TPSA) is 86.4 Å². The Morgan fingerprint density at radius 1 is 1.33 bits per heavy atom. The third kappa shape index (κ3) is 3.44. The van der Waals surface area contributed by atoms with Crippen molar-refractivity contribution in [3.05, 3.63) is 11.9 Å². The molecule has 118 valence electrons. The molecule has 1 aliphatic heterocycles. The number of carbonyl (C=O) groups excluding carboxylic acids is 1. The van der Waals surface area contributed by atoms with Gasteiger partial charge in [0.15, 0.2) is 0 Å². The number of sulfonamides is 1. The first-order valence-electron chi connectivity index (χ1n) is 7.10. The molecule has 0 aliphatic carbocycles. The SMILES string of the molecule is Cc1[nH]ncc1S(=O)(=O)N1CCN(C(=O)CC(C)C)CC1. The van der Waals surface area contributed by atoms with Gasteiger partial charge in [-0.1, -0.05) is 13.8 Å². The van der Waals surface area contributed by atoms with Crippen molar-refractivity contribution in [3.63, 3.8) is 0 Å². The number of aryl methyl sites for hydroxylation is 1. The Morgan fingerprint density at radius 2 is 1.95 bits per heavy atom. The lowest BCUT2D eigenvalue weighted by Crippen LogP contribution is -2.50. The number of piperazine rings is 1. The molecule has 0 unspecified atom stereocenters. The van der Waals surface area contributed by atoms with Crippen LogP contribution in [-0.4, -0.2) is 59.9 Å². The first kappa shape index (κ1) is 16.0. The molecule has 0 bridgehead atoms. The Labute approximate surface area is 125 Å². The third-order valence-corrected chi connectivity index (χ3v) is 5.59. The summed E-state index contributed by atoms with van der Waals surface area (Å²) < 4.78 is 26.4. The molecule has 1 N–H and O–H groups in total. The van der Waals surface area contributed by atoms with Crippen LogP contribution >= 0.6 is 0 Å². The van der Waals surface area contributed by atoms with Crippen molar-refractivity contribution < 1.29 is 13.2 Å². The number of H-pyrrole nitrogens is 1. The number of hydrogen-bond donors (Lipinski definition) is 1. The molecule has 1 aliphatic rings. The van der Waals surface area contributed by atoms with Gasteiger partial charge in [0, 0.05) is 32.6 Å². The van der Waals surface area contributed by atoms with Crippen molar-refractivity contribution in [2.24, 2.45) is 5.92 Å². The van der Waals surface area contributed by atoms with E-state index >= 15 is 0 Å². The minimum absolute atomic E-state index is 0.0986. The summed E-state index contributed by atoms with van der Waals surface area (Å²) in [6, 6.07) is 0. The maximum atomic E-state index is 12.5. The summed E-state index contributed by atoms with van der Waals surface area (Å²) in [5.41, 5.74) is 0.535. The Hall–Kier alpha value is -1.41. The molecular weight excluding hydrogens is 292 g/mol. The normalized spacial score (nSPS) is 17.4. The van der Waals surface area contributed by atoms with Gasteiger partial charge in [-0.3, -0.25) is 9.89 Å². The van der Waals surface area contributed by atoms with Crippen molar-refractivity contribution in [3.8, 4) is 0 Å². The van der Waals surface area contributed by atoms with Crippen LogP contribution in [0.1, 0.15) is 26.0 Å². The lowest BCUT2D eigenvalue weighted by molar-refractivity contribution is -0.133. The van der Waals surface area contributed by atoms with E-state index in [4.69, 9.17) is 0 Å². The average Bonchev–Trinajstić information content (AvgIpc) is 2.85. The third-order valence-electron chi connectivity index (χ3n) is 3.58. The largest absolute Gasteiger partial charge is 0.340 e. The van der Waals surface area contributed by atoms with Gasteiger partial charge in [-0.15, -0.1) is 0 Å². The zero-order valence-corrected chi connectivity index (χ0v) is 13.5. The number of nitrogens with one attached hydrogen (secondary N) is 1. The fraction of sp³-hybridized carbons (Fsp3) is 0.692. The van der Waals surface area contributed by atoms with Crippen LogP contribution in [0.5, 0.6) is 0 Å². The van der Waals surface area contributed by atoms with Gasteiger partial charge in [0.05, 0.1) is 11.9 Å². The fourth-order valence-corrected chi connectivity index (χ4v) is 3.94. The van der Waals surface area contributed by atoms with E-state index in [1.165, 1.54) is 10.5 Å². The highest BCUT2D eigenvalue weighted by Crippen LogP contribution is 2.19. The number of aromatic amines is 1. The molecule has 1 aromatic rings. The maximum absolute atomic E-state index is 12.5. The van der Waals surface area contributed by atoms with E-state index in [2.05, 4.69) is 10.2 Å². The molecule has 8 heteroatoms. The van der Waals surface area contributed by atoms with Crippen LogP contribution < -0.4 is 0 Å². The Bertz CT molecular complexity index is 601. The average molecular weight is 314 g/mol. The molecule has 1 saturated heterocycles. The monoisotopic (exact) mass is 314 g/mol. The second kappa shape index (κ2) is 6.15. The molecular formula is C13H22N4O3S. The molecule has 0 radical (unpaired) electrons. The van der Waals surface area contributed by atoms with Crippen LogP contribution in [0.25, 0.3) is 0 Å². The maximum Gasteiger partial charge on any atom is 0.246 e. The van der Waals surface area contributed by atoms with Crippen molar-refractivity contribution in [2.75, 3.05) is 26.2 Å². The van der Waals surface area contributed by atoms with Crippen LogP contribution in [0.15, 0.2) is 11.1 Å². The summed E-state index contributed by atoms with van der Waals surface area (Å²) in [4.78, 5) is 13.9. The van der Waals surface area contributed by atoms with Gasteiger partial charge < -0.3 is 4.90 Å². The smallest absolute Gasteiger partial charge is 0.246 e. The first-order chi connectivity index (χ1) is 9.82. The van der Waals surface area contributed by atoms with Gasteiger partial charge in [-0.25, -0.2) is 8.42 Å². The molecule has 1 aromatic heterocycles. The van der Waals surface area contributed by atoms with Crippen molar-refractivity contribution in [1.82, 2.24) is 19.4 Å². The second-order valence-corrected chi connectivity index (χ2v) is 7.65. The van der Waals surface area contributed by atoms with E-state index in [1.807, 2.05) is 13.8 Å². The highest BCUT2D eigenvalue weighted by molar-refractivity contribution is 7.89. The quantitative estimate of drug-likeness (QED) is 0.881. The lowest BCUT2D eigenvalue weighted by Gasteiger charge is -2.34. The molecule has 0 saturated carbocycles. The van der Waals surface area contributed by atoms with E-state index in [-0.39, 0.29) is 10.8 Å². The molecule has 1 fully saturated rings. The molecule has 0 spiro atoms. The van der Waals surface area contributed by atoms with Gasteiger partial charge in [0.25, 0.3) is 0 Å². The molecule has 21 heavy (non-hydrogen) atoms. The van der Waals surface area contributed by atoms with E-state index in [9.17, 15) is 13.2 Å². The van der Waals surface area contributed by atoms with Gasteiger partial charge in [-0.2, -0.15) is 9.40 Å². The number of hydrogen-bond acceptors (Lipinski definition) is 4. The van der Waals surface area contributed by atoms with E-state index in [0.717, 1.165) is 0 Å². The minimum atomic E-state index is -3.52. The molecule has 2 rings (SSSR count). The minimum Gasteiger partial charge on any atom is -0.340 e. The highest BCUT2D eigenvalue weighted by Gasteiger charge is 2.31. The van der Waals surface area contributed by atoms with Crippen LogP contribution in [-0.2, 0) is 14.8 Å². The summed E-state index contributed by atoms with van der Waals surface area (Å²) in [6.07, 6.45) is 1.84. The zero-order valence-electron chi connectivity index (χ0n) is 12.7. The fourth-order valence-electron chi connectivity index (χ4n) is 2.40. The van der Waals surface area contributed by atoms with Crippen molar-refractivity contribution in [2.45, 2.75) is 32.1 Å². The lowest BCUT2D eigenvalue weighted by atomic mass is 10.1. The molecule has 2 heterocycles. The van der Waals surface area contributed by atoms with Crippen LogP contribution in [0.3, 0.4) is 0 Å². The summed E-state index contributed by atoms with van der Waals surface area (Å²) in [5.74, 6) is 0.411. The predicted molar refractivity (Wildman–Crippen MR) is 78.1 cm³/mol. The summed E-state index contributed by atoms with van der Waals surface area (Å²) in [5, 5.41) is 6.41. The number of nitrogens with zero attached hydrogens (tertiary/aromatic N) is 3. The second-order valence-electron chi connectivity index (χ2n) is 5.74. The summed E-state index contributed by atoms with van der Waals surface area (Å²) >= 11 is 0. The van der Waals surface area contributed by atoms with Crippen molar-refractivity contribution >= 4 is 15.9 Å². The number of rotatable bonds is 4. The number of aromatic nitrogens is 2. The van der Waals surface area contributed by atoms with E-state index in [0.29, 0.717) is 44.2 Å². The summed E-state index contributed by atoms with van der Waals surface area (Å²) in [7, 11) is -3.52. The van der Waals surface area contributed by atoms with E-state index < -0.39 is 10.0 Å². The molecule has 1 amide bonds. The van der Waals surface area contributed by atoms with Crippen LogP contribution in [0, 0.1) is 12.8 Å². The Kier molecular flexibility index (Phi) is 4.67. The van der Waals surface area contributed by atoms with Gasteiger partial charge in [-0.05, 0) is 12.8 Å². The van der Waals surface area contributed by atoms with Crippen LogP contribution in [0.2, 0.25) is 0 Å². The van der Waals surface area contributed by atoms with E-state index in [1.54, 1.807) is 11.8 Å². The molecule has 0 atom stereocenters. The first-order valence-corrected chi connectivity index (χ1v) is 8.54. The summed E-state index contributed by atoms with van der Waals surface area (Å²) in [6.45, 7) is 7.24. The Morgan fingerprint density at radius 3 is 2.43 bits per heavy atom. The van der Waals surface area contributed by atoms with Crippen LogP contribution in [0.4, 0.5) is 0 Å². The van der Waals surface area contributed by atoms with Gasteiger partial charge in [0.1, 0.15) is 4.90 Å². The number of carbonyl (C=O) groups is 1. The van der Waals surface area contributed by atoms with Gasteiger partial charge in [0.2, 0.25) is 15.9 Å². The zero-order chi connectivity index (χ0) is 15.6. The molecule has 0 aromatic carbocycles. The predicted octanol–water partition coefficient (Wildman–Crippen LogP) is 0.597. The molecule has 7 nitrogen and oxygen atoms in total. The standard InChI is InChI=1S/C13H22N4O3S/c1-10(2)8-13(18)16-4-6-17(7-5-16)21(19,20)12-9-14-15-11(12)3/h9-10H,4-8H2,1-3H3,(H,14,15). The number of amides is 1. The van der Waals surface area contributed by atoms with Crippen molar-refractivity contribution in [1.29, 1.82) is 0 Å². The van der Waals surface area contributed by atoms with Gasteiger partial charge >= 0.3 is 0 Å².